The van der Waals surface area contributed by atoms with E-state index in [9.17, 15) is 0 Å². The molecule has 0 atom stereocenters. The van der Waals surface area contributed by atoms with E-state index in [0.29, 0.717) is 0 Å². The Morgan fingerprint density at radius 1 is 0.455 bits per heavy atom. The van der Waals surface area contributed by atoms with Crippen molar-refractivity contribution < 1.29 is 18.9 Å². The molecule has 0 heterocycles. The maximum atomic E-state index is 5.73. The smallest absolute Gasteiger partial charge is 0.353 e. The molecule has 0 aromatic rings. The van der Waals surface area contributed by atoms with Crippen LogP contribution in [0.15, 0.2) is 0 Å². The molecule has 0 aromatic heterocycles. The summed E-state index contributed by atoms with van der Waals surface area (Å²) in [5.74, 6) is 0. The van der Waals surface area contributed by atoms with Crippen molar-refractivity contribution in [2.45, 2.75) is 143 Å². The summed E-state index contributed by atoms with van der Waals surface area (Å²) in [4.78, 5) is 0. The van der Waals surface area contributed by atoms with Crippen LogP contribution in [0.1, 0.15) is 130 Å². The number of hydrogen-bond donors (Lipinski definition) is 0. The van der Waals surface area contributed by atoms with Gasteiger partial charge in [-0.15, -0.1) is 0 Å². The summed E-state index contributed by atoms with van der Waals surface area (Å²) in [5, 5.41) is 0. The molecule has 0 fully saturated rings. The van der Waals surface area contributed by atoms with Gasteiger partial charge in [0, 0.05) is 26.4 Å². The molecular weight excluding hydrogens is 425 g/mol. The van der Waals surface area contributed by atoms with Gasteiger partial charge in [-0.1, -0.05) is 79.1 Å². The van der Waals surface area contributed by atoms with Gasteiger partial charge in [-0.05, 0) is 38.5 Å². The largest absolute Gasteiger partial charge is 2.00 e. The number of ether oxygens (including phenoxy) is 4. The van der Waals surface area contributed by atoms with E-state index in [2.05, 4.69) is 41.5 Å². The standard InChI is InChI=1S/2C14H29O2.Mg/c2*1-4-7-10-11-14(15-12-8-5-2)16-13-9-6-3;/h2*14H,1,4-13H2,2-3H3;/q2*-1;+2. The minimum absolute atomic E-state index is 0. The van der Waals surface area contributed by atoms with Crippen LogP contribution in [-0.4, -0.2) is 62.1 Å². The molecule has 0 radical (unpaired) electrons. The molecule has 196 valence electrons. The van der Waals surface area contributed by atoms with Crippen molar-refractivity contribution in [2.24, 2.45) is 0 Å². The second-order valence-corrected chi connectivity index (χ2v) is 8.46. The van der Waals surface area contributed by atoms with E-state index in [-0.39, 0.29) is 35.6 Å². The molecule has 0 unspecified atom stereocenters. The van der Waals surface area contributed by atoms with Crippen LogP contribution >= 0.6 is 0 Å². The van der Waals surface area contributed by atoms with Crippen LogP contribution in [0.25, 0.3) is 0 Å². The molecule has 0 aliphatic rings. The normalized spacial score (nSPS) is 10.9. The molecular formula is C28H58MgO4. The molecule has 0 N–H and O–H groups in total. The van der Waals surface area contributed by atoms with Crippen molar-refractivity contribution in [3.63, 3.8) is 0 Å². The summed E-state index contributed by atoms with van der Waals surface area (Å²) in [6, 6.07) is 0. The summed E-state index contributed by atoms with van der Waals surface area (Å²) < 4.78 is 22.9. The Kier molecular flexibility index (Phi) is 40.2. The maximum Gasteiger partial charge on any atom is 2.00 e. The molecule has 5 heteroatoms. The van der Waals surface area contributed by atoms with E-state index in [1.165, 1.54) is 38.5 Å². The minimum Gasteiger partial charge on any atom is -0.353 e. The molecule has 0 spiro atoms. The molecule has 0 saturated heterocycles. The van der Waals surface area contributed by atoms with Gasteiger partial charge in [0.05, 0.1) is 0 Å². The third-order valence-corrected chi connectivity index (χ3v) is 5.09. The number of rotatable bonds is 24. The first-order valence-corrected chi connectivity index (χ1v) is 13.7. The van der Waals surface area contributed by atoms with E-state index in [1.54, 1.807) is 0 Å². The van der Waals surface area contributed by atoms with Gasteiger partial charge >= 0.3 is 23.1 Å². The molecule has 0 aliphatic heterocycles. The van der Waals surface area contributed by atoms with Gasteiger partial charge in [-0.2, -0.15) is 12.8 Å². The van der Waals surface area contributed by atoms with E-state index in [1.807, 2.05) is 0 Å². The Morgan fingerprint density at radius 2 is 0.727 bits per heavy atom. The average Bonchev–Trinajstić information content (AvgIpc) is 2.80. The van der Waals surface area contributed by atoms with Crippen molar-refractivity contribution in [1.82, 2.24) is 0 Å². The molecule has 0 aliphatic carbocycles. The molecule has 0 aromatic carbocycles. The fourth-order valence-electron chi connectivity index (χ4n) is 2.84. The SMILES string of the molecule is [CH2-]CCCCC(OCCCC)OCCCC.[CH2-]CCCCC(OCCCC)OCCCC.[Mg+2]. The van der Waals surface area contributed by atoms with E-state index < -0.39 is 0 Å². The van der Waals surface area contributed by atoms with Crippen molar-refractivity contribution in [1.29, 1.82) is 0 Å². The Labute approximate surface area is 224 Å². The Bertz CT molecular complexity index is 241. The second-order valence-electron chi connectivity index (χ2n) is 8.46. The zero-order chi connectivity index (χ0) is 24.1. The first-order chi connectivity index (χ1) is 15.7. The van der Waals surface area contributed by atoms with Gasteiger partial charge in [0.15, 0.2) is 12.6 Å². The third kappa shape index (κ3) is 32.6. The van der Waals surface area contributed by atoms with Crippen molar-refractivity contribution in [3.05, 3.63) is 13.8 Å². The van der Waals surface area contributed by atoms with Gasteiger partial charge in [0.2, 0.25) is 0 Å². The van der Waals surface area contributed by atoms with Crippen LogP contribution in [-0.2, 0) is 18.9 Å². The predicted octanol–water partition coefficient (Wildman–Crippen LogP) is 8.30. The molecule has 0 bridgehead atoms. The first-order valence-electron chi connectivity index (χ1n) is 13.7. The first kappa shape index (κ1) is 38.1. The second kappa shape index (κ2) is 34.8. The van der Waals surface area contributed by atoms with Crippen LogP contribution in [0.5, 0.6) is 0 Å². The molecule has 0 saturated carbocycles. The Morgan fingerprint density at radius 3 is 0.939 bits per heavy atom. The summed E-state index contributed by atoms with van der Waals surface area (Å²) in [5.41, 5.74) is 0. The summed E-state index contributed by atoms with van der Waals surface area (Å²) in [6.07, 6.45) is 18.0. The van der Waals surface area contributed by atoms with Gasteiger partial charge in [0.1, 0.15) is 0 Å². The third-order valence-electron chi connectivity index (χ3n) is 5.09. The quantitative estimate of drug-likeness (QED) is 0.0599. The summed E-state index contributed by atoms with van der Waals surface area (Å²) >= 11 is 0. The minimum atomic E-state index is 0. The topological polar surface area (TPSA) is 36.9 Å². The van der Waals surface area contributed by atoms with Gasteiger partial charge in [-0.3, -0.25) is 0 Å². The number of hydrogen-bond acceptors (Lipinski definition) is 4. The molecule has 0 rings (SSSR count). The fraction of sp³-hybridized carbons (Fsp3) is 0.929. The van der Waals surface area contributed by atoms with Crippen molar-refractivity contribution in [3.8, 4) is 0 Å². The van der Waals surface area contributed by atoms with E-state index in [0.717, 1.165) is 90.6 Å². The Balaban J connectivity index is -0.000000529. The van der Waals surface area contributed by atoms with Crippen molar-refractivity contribution in [2.75, 3.05) is 26.4 Å². The average molecular weight is 483 g/mol. The fourth-order valence-corrected chi connectivity index (χ4v) is 2.84. The zero-order valence-corrected chi connectivity index (χ0v) is 24.5. The van der Waals surface area contributed by atoms with Crippen LogP contribution in [0, 0.1) is 13.8 Å². The van der Waals surface area contributed by atoms with Crippen molar-refractivity contribution >= 4 is 23.1 Å². The monoisotopic (exact) mass is 482 g/mol. The van der Waals surface area contributed by atoms with Crippen LogP contribution in [0.4, 0.5) is 0 Å². The van der Waals surface area contributed by atoms with E-state index >= 15 is 0 Å². The number of unbranched alkanes of at least 4 members (excludes halogenated alkanes) is 8. The summed E-state index contributed by atoms with van der Waals surface area (Å²) in [7, 11) is 0. The van der Waals surface area contributed by atoms with Crippen LogP contribution in [0.3, 0.4) is 0 Å². The molecule has 33 heavy (non-hydrogen) atoms. The van der Waals surface area contributed by atoms with E-state index in [4.69, 9.17) is 18.9 Å². The maximum absolute atomic E-state index is 5.73. The zero-order valence-electron chi connectivity index (χ0n) is 23.1. The predicted molar refractivity (Wildman–Crippen MR) is 144 cm³/mol. The summed E-state index contributed by atoms with van der Waals surface area (Å²) in [6.45, 7) is 19.7. The van der Waals surface area contributed by atoms with Gasteiger partial charge in [-0.25, -0.2) is 0 Å². The molecule has 4 nitrogen and oxygen atoms in total. The Hall–Kier alpha value is 0.606. The van der Waals surface area contributed by atoms with Gasteiger partial charge in [0.25, 0.3) is 0 Å². The van der Waals surface area contributed by atoms with Gasteiger partial charge < -0.3 is 32.8 Å². The van der Waals surface area contributed by atoms with Crippen LogP contribution < -0.4 is 0 Å². The molecule has 0 amide bonds. The van der Waals surface area contributed by atoms with Crippen LogP contribution in [0.2, 0.25) is 0 Å².